The fraction of sp³-hybridized carbons (Fsp3) is 0.412. The molecule has 0 unspecified atom stereocenters. The van der Waals surface area contributed by atoms with Crippen molar-refractivity contribution in [3.63, 3.8) is 0 Å². The van der Waals surface area contributed by atoms with E-state index in [0.29, 0.717) is 6.54 Å². The summed E-state index contributed by atoms with van der Waals surface area (Å²) in [6.45, 7) is 4.20. The molecule has 0 radical (unpaired) electrons. The number of thiazole rings is 1. The van der Waals surface area contributed by atoms with Crippen LogP contribution in [-0.4, -0.2) is 41.5 Å². The van der Waals surface area contributed by atoms with Crippen LogP contribution in [0.2, 0.25) is 0 Å². The molecule has 0 bridgehead atoms. The van der Waals surface area contributed by atoms with Gasteiger partial charge in [0.25, 0.3) is 0 Å². The minimum atomic E-state index is 0. The maximum Gasteiger partial charge on any atom is 0.238 e. The predicted molar refractivity (Wildman–Crippen MR) is 109 cm³/mol. The van der Waals surface area contributed by atoms with Gasteiger partial charge in [0.15, 0.2) is 0 Å². The highest BCUT2D eigenvalue weighted by molar-refractivity contribution is 7.09. The Morgan fingerprint density at radius 1 is 1.36 bits per heavy atom. The molecule has 1 aromatic carbocycles. The highest BCUT2D eigenvalue weighted by atomic mass is 35.5. The number of halogens is 2. The number of amides is 1. The van der Waals surface area contributed by atoms with Crippen LogP contribution in [0.25, 0.3) is 11.3 Å². The van der Waals surface area contributed by atoms with Crippen LogP contribution in [0.15, 0.2) is 29.6 Å². The summed E-state index contributed by atoms with van der Waals surface area (Å²) in [6, 6.07) is 8.12. The molecular weight excluding hydrogens is 379 g/mol. The average Bonchev–Trinajstić information content (AvgIpc) is 2.96. The molecule has 8 heteroatoms. The number of benzene rings is 1. The van der Waals surface area contributed by atoms with E-state index < -0.39 is 0 Å². The first-order valence-electron chi connectivity index (χ1n) is 7.90. The lowest BCUT2D eigenvalue weighted by atomic mass is 10.1. The molecule has 138 valence electrons. The first-order chi connectivity index (χ1) is 11.1. The standard InChI is InChI=1S/C17H22N4OS.2ClH/c1-12-19-16(11-23-12)13-3-2-4-15(9-13)20-17(22)10-21-7-5-14(18)6-8-21;;/h2-4,9,11,14H,5-8,10,18H2,1H3,(H,20,22);2*1H. The molecular formula is C17H24Cl2N4OS. The van der Waals surface area contributed by atoms with Gasteiger partial charge in [-0.3, -0.25) is 9.69 Å². The Bertz CT molecular complexity index is 687. The van der Waals surface area contributed by atoms with Gasteiger partial charge >= 0.3 is 0 Å². The number of likely N-dealkylation sites (tertiary alicyclic amines) is 1. The van der Waals surface area contributed by atoms with Gasteiger partial charge in [-0.1, -0.05) is 12.1 Å². The number of aryl methyl sites for hydroxylation is 1. The molecule has 0 saturated carbocycles. The van der Waals surface area contributed by atoms with Crippen LogP contribution >= 0.6 is 36.2 Å². The van der Waals surface area contributed by atoms with Crippen molar-refractivity contribution in [1.82, 2.24) is 9.88 Å². The highest BCUT2D eigenvalue weighted by Crippen LogP contribution is 2.24. The third-order valence-electron chi connectivity index (χ3n) is 4.06. The summed E-state index contributed by atoms with van der Waals surface area (Å²) >= 11 is 1.63. The molecule has 1 fully saturated rings. The number of carbonyl (C=O) groups excluding carboxylic acids is 1. The molecule has 0 atom stereocenters. The number of anilines is 1. The molecule has 1 amide bonds. The van der Waals surface area contributed by atoms with Crippen molar-refractivity contribution in [1.29, 1.82) is 0 Å². The van der Waals surface area contributed by atoms with E-state index in [9.17, 15) is 4.79 Å². The monoisotopic (exact) mass is 402 g/mol. The van der Waals surface area contributed by atoms with Crippen molar-refractivity contribution in [3.05, 3.63) is 34.7 Å². The van der Waals surface area contributed by atoms with Crippen LogP contribution < -0.4 is 11.1 Å². The normalized spacial score (nSPS) is 15.1. The summed E-state index contributed by atoms with van der Waals surface area (Å²) in [5, 5.41) is 6.06. The Kier molecular flexibility index (Phi) is 8.82. The third-order valence-corrected chi connectivity index (χ3v) is 4.83. The molecule has 0 spiro atoms. The van der Waals surface area contributed by atoms with Crippen LogP contribution in [0.1, 0.15) is 17.8 Å². The Labute approximate surface area is 164 Å². The zero-order valence-electron chi connectivity index (χ0n) is 14.1. The third kappa shape index (κ3) is 6.24. The first-order valence-corrected chi connectivity index (χ1v) is 8.78. The van der Waals surface area contributed by atoms with E-state index in [4.69, 9.17) is 5.73 Å². The van der Waals surface area contributed by atoms with Crippen molar-refractivity contribution in [2.24, 2.45) is 5.73 Å². The number of nitrogens with two attached hydrogens (primary N) is 1. The number of carbonyl (C=O) groups is 1. The largest absolute Gasteiger partial charge is 0.328 e. The highest BCUT2D eigenvalue weighted by Gasteiger charge is 2.18. The second kappa shape index (κ2) is 10.1. The van der Waals surface area contributed by atoms with Crippen LogP contribution in [0.5, 0.6) is 0 Å². The SMILES string of the molecule is Cc1nc(-c2cccc(NC(=O)CN3CCC(N)CC3)c2)cs1.Cl.Cl. The number of aromatic nitrogens is 1. The number of hydrogen-bond donors (Lipinski definition) is 2. The summed E-state index contributed by atoms with van der Waals surface area (Å²) < 4.78 is 0. The summed E-state index contributed by atoms with van der Waals surface area (Å²) in [6.07, 6.45) is 1.93. The molecule has 1 aromatic heterocycles. The molecule has 25 heavy (non-hydrogen) atoms. The molecule has 5 nitrogen and oxygen atoms in total. The number of rotatable bonds is 4. The molecule has 3 N–H and O–H groups in total. The summed E-state index contributed by atoms with van der Waals surface area (Å²) in [4.78, 5) is 18.9. The number of nitrogens with one attached hydrogen (secondary N) is 1. The number of piperidine rings is 1. The molecule has 3 rings (SSSR count). The Balaban J connectivity index is 0.00000156. The lowest BCUT2D eigenvalue weighted by molar-refractivity contribution is -0.117. The van der Waals surface area contributed by atoms with Crippen molar-refractivity contribution in [2.45, 2.75) is 25.8 Å². The summed E-state index contributed by atoms with van der Waals surface area (Å²) in [7, 11) is 0. The zero-order chi connectivity index (χ0) is 16.2. The Hall–Kier alpha value is -1.18. The number of hydrogen-bond acceptors (Lipinski definition) is 5. The van der Waals surface area contributed by atoms with E-state index in [1.165, 1.54) is 0 Å². The molecule has 1 aliphatic heterocycles. The van der Waals surface area contributed by atoms with Crippen LogP contribution in [0.4, 0.5) is 5.69 Å². The van der Waals surface area contributed by atoms with Crippen LogP contribution in [0.3, 0.4) is 0 Å². The van der Waals surface area contributed by atoms with E-state index in [0.717, 1.165) is 47.9 Å². The van der Waals surface area contributed by atoms with Gasteiger partial charge in [0.2, 0.25) is 5.91 Å². The van der Waals surface area contributed by atoms with Crippen molar-refractivity contribution < 1.29 is 4.79 Å². The van der Waals surface area contributed by atoms with Crippen molar-refractivity contribution in [2.75, 3.05) is 25.0 Å². The smallest absolute Gasteiger partial charge is 0.238 e. The molecule has 0 aliphatic carbocycles. The predicted octanol–water partition coefficient (Wildman–Crippen LogP) is 3.32. The summed E-state index contributed by atoms with van der Waals surface area (Å²) in [5.74, 6) is 0.0204. The van der Waals surface area contributed by atoms with E-state index in [-0.39, 0.29) is 36.8 Å². The fourth-order valence-electron chi connectivity index (χ4n) is 2.77. The van der Waals surface area contributed by atoms with Crippen molar-refractivity contribution in [3.8, 4) is 11.3 Å². The maximum atomic E-state index is 12.2. The van der Waals surface area contributed by atoms with E-state index in [2.05, 4.69) is 15.2 Å². The molecule has 2 heterocycles. The topological polar surface area (TPSA) is 71.2 Å². The van der Waals surface area contributed by atoms with Gasteiger partial charge in [-0.2, -0.15) is 0 Å². The minimum Gasteiger partial charge on any atom is -0.328 e. The maximum absolute atomic E-state index is 12.2. The lowest BCUT2D eigenvalue weighted by Gasteiger charge is -2.29. The van der Waals surface area contributed by atoms with Gasteiger partial charge in [-0.15, -0.1) is 36.2 Å². The van der Waals surface area contributed by atoms with Gasteiger partial charge < -0.3 is 11.1 Å². The van der Waals surface area contributed by atoms with Crippen molar-refractivity contribution >= 4 is 47.7 Å². The van der Waals surface area contributed by atoms with E-state index in [1.54, 1.807) is 11.3 Å². The summed E-state index contributed by atoms with van der Waals surface area (Å²) in [5.41, 5.74) is 8.68. The quantitative estimate of drug-likeness (QED) is 0.822. The second-order valence-electron chi connectivity index (χ2n) is 5.99. The first kappa shape index (κ1) is 21.9. The van der Waals surface area contributed by atoms with Gasteiger partial charge in [-0.05, 0) is 31.9 Å². The van der Waals surface area contributed by atoms with E-state index >= 15 is 0 Å². The lowest BCUT2D eigenvalue weighted by Crippen LogP contribution is -2.43. The molecule has 2 aromatic rings. The second-order valence-corrected chi connectivity index (χ2v) is 7.06. The van der Waals surface area contributed by atoms with Gasteiger partial charge in [0, 0.05) is 35.8 Å². The van der Waals surface area contributed by atoms with Crippen LogP contribution in [-0.2, 0) is 4.79 Å². The van der Waals surface area contributed by atoms with Gasteiger partial charge in [0.1, 0.15) is 0 Å². The Morgan fingerprint density at radius 3 is 2.72 bits per heavy atom. The minimum absolute atomic E-state index is 0. The Morgan fingerprint density at radius 2 is 2.08 bits per heavy atom. The zero-order valence-corrected chi connectivity index (χ0v) is 16.6. The average molecular weight is 403 g/mol. The van der Waals surface area contributed by atoms with Gasteiger partial charge in [-0.25, -0.2) is 4.98 Å². The molecule has 1 aliphatic rings. The molecule has 1 saturated heterocycles. The fourth-order valence-corrected chi connectivity index (χ4v) is 3.39. The van der Waals surface area contributed by atoms with Gasteiger partial charge in [0.05, 0.1) is 17.2 Å². The number of nitrogens with zero attached hydrogens (tertiary/aromatic N) is 2. The van der Waals surface area contributed by atoms with E-state index in [1.807, 2.05) is 36.6 Å². The van der Waals surface area contributed by atoms with Crippen LogP contribution in [0, 0.1) is 6.92 Å².